The van der Waals surface area contributed by atoms with Gasteiger partial charge in [-0.15, -0.1) is 0 Å². The van der Waals surface area contributed by atoms with Gasteiger partial charge in [0.25, 0.3) is 5.91 Å². The molecule has 0 bridgehead atoms. The molecule has 208 valence electrons. The first-order chi connectivity index (χ1) is 18.0. The number of carbonyl (C=O) groups excluding carboxylic acids is 4. The fraction of sp³-hybridized carbons (Fsp3) is 0.583. The van der Waals surface area contributed by atoms with E-state index in [1.54, 1.807) is 29.9 Å². The third kappa shape index (κ3) is 6.88. The maximum atomic E-state index is 12.9. The van der Waals surface area contributed by atoms with Crippen LogP contribution < -0.4 is 10.6 Å². The van der Waals surface area contributed by atoms with E-state index in [0.29, 0.717) is 5.69 Å². The second-order valence-electron chi connectivity index (χ2n) is 9.50. The van der Waals surface area contributed by atoms with Crippen molar-refractivity contribution < 1.29 is 43.7 Å². The number of likely N-dealkylation sites (tertiary alicyclic amines) is 2. The Bertz CT molecular complexity index is 1090. The Morgan fingerprint density at radius 1 is 0.921 bits per heavy atom. The van der Waals surface area contributed by atoms with E-state index in [4.69, 9.17) is 4.74 Å². The third-order valence-electron chi connectivity index (χ3n) is 6.75. The molecule has 2 fully saturated rings. The Balaban J connectivity index is 1.52. The van der Waals surface area contributed by atoms with Crippen LogP contribution in [0.5, 0.6) is 0 Å². The Hall–Kier alpha value is -3.94. The van der Waals surface area contributed by atoms with Gasteiger partial charge in [0.15, 0.2) is 0 Å². The topological polar surface area (TPSA) is 188 Å². The lowest BCUT2D eigenvalue weighted by Gasteiger charge is -2.23. The zero-order valence-electron chi connectivity index (χ0n) is 21.3. The summed E-state index contributed by atoms with van der Waals surface area (Å²) in [5, 5.41) is 24.5. The smallest absolute Gasteiger partial charge is 0.326 e. The van der Waals surface area contributed by atoms with Gasteiger partial charge in [0, 0.05) is 71.2 Å². The number of carboxylic acid groups (broad SMARTS) is 2. The van der Waals surface area contributed by atoms with Gasteiger partial charge in [0.1, 0.15) is 24.4 Å². The van der Waals surface area contributed by atoms with E-state index in [2.05, 4.69) is 10.6 Å². The second-order valence-corrected chi connectivity index (χ2v) is 9.50. The van der Waals surface area contributed by atoms with Gasteiger partial charge in [-0.25, -0.2) is 9.59 Å². The number of amides is 4. The molecule has 0 spiro atoms. The van der Waals surface area contributed by atoms with Crippen LogP contribution in [0.4, 0.5) is 0 Å². The minimum atomic E-state index is -1.19. The summed E-state index contributed by atoms with van der Waals surface area (Å²) in [6, 6.07) is 0.0458. The summed E-state index contributed by atoms with van der Waals surface area (Å²) >= 11 is 0. The number of methoxy groups -OCH3 is 1. The molecule has 2 aliphatic rings. The summed E-state index contributed by atoms with van der Waals surface area (Å²) in [4.78, 5) is 75.7. The summed E-state index contributed by atoms with van der Waals surface area (Å²) in [7, 11) is 3.06. The predicted molar refractivity (Wildman–Crippen MR) is 130 cm³/mol. The molecule has 0 saturated carbocycles. The average Bonchev–Trinajstić information content (AvgIpc) is 3.57. The number of carbonyl (C=O) groups is 6. The minimum Gasteiger partial charge on any atom is -0.480 e. The van der Waals surface area contributed by atoms with Crippen LogP contribution >= 0.6 is 0 Å². The molecule has 14 nitrogen and oxygen atoms in total. The van der Waals surface area contributed by atoms with Gasteiger partial charge < -0.3 is 40.0 Å². The van der Waals surface area contributed by atoms with Gasteiger partial charge in [-0.05, 0) is 18.6 Å². The Labute approximate surface area is 218 Å². The van der Waals surface area contributed by atoms with E-state index in [0.717, 1.165) is 0 Å². The SMILES string of the molecule is COCC(=O)NC1CC(C(=O)O)N(C(=O)CCCC(=O)N2CC(NC(=O)c3cccn3C)CC2C(=O)O)C1. The largest absolute Gasteiger partial charge is 0.480 e. The highest BCUT2D eigenvalue weighted by Crippen LogP contribution is 2.23. The van der Waals surface area contributed by atoms with E-state index < -0.39 is 53.8 Å². The van der Waals surface area contributed by atoms with Crippen molar-refractivity contribution in [3.05, 3.63) is 24.0 Å². The van der Waals surface area contributed by atoms with Gasteiger partial charge in [0.05, 0.1) is 0 Å². The summed E-state index contributed by atoms with van der Waals surface area (Å²) in [6.07, 6.45) is 1.67. The predicted octanol–water partition coefficient (Wildman–Crippen LogP) is -1.20. The molecule has 4 atom stereocenters. The van der Waals surface area contributed by atoms with Crippen molar-refractivity contribution in [2.45, 2.75) is 56.3 Å². The normalized spacial score (nSPS) is 22.8. The fourth-order valence-electron chi connectivity index (χ4n) is 4.94. The molecule has 38 heavy (non-hydrogen) atoms. The molecule has 0 radical (unpaired) electrons. The van der Waals surface area contributed by atoms with Crippen LogP contribution in [0.25, 0.3) is 0 Å². The van der Waals surface area contributed by atoms with Crippen LogP contribution in [0.15, 0.2) is 18.3 Å². The number of nitrogens with one attached hydrogen (secondary N) is 2. The van der Waals surface area contributed by atoms with Crippen LogP contribution in [0, 0.1) is 0 Å². The number of nitrogens with zero attached hydrogens (tertiary/aromatic N) is 3. The zero-order chi connectivity index (χ0) is 28.0. The number of aliphatic carboxylic acids is 2. The second kappa shape index (κ2) is 12.5. The number of aryl methyl sites for hydroxylation is 1. The number of rotatable bonds is 11. The lowest BCUT2D eigenvalue weighted by atomic mass is 10.1. The molecule has 2 aliphatic heterocycles. The highest BCUT2D eigenvalue weighted by molar-refractivity contribution is 5.93. The molecular weight excluding hydrogens is 502 g/mol. The van der Waals surface area contributed by atoms with E-state index in [-0.39, 0.29) is 57.7 Å². The van der Waals surface area contributed by atoms with Crippen LogP contribution in [0.1, 0.15) is 42.6 Å². The lowest BCUT2D eigenvalue weighted by Crippen LogP contribution is -2.42. The number of aromatic nitrogens is 1. The Morgan fingerprint density at radius 2 is 1.45 bits per heavy atom. The first-order valence-corrected chi connectivity index (χ1v) is 12.3. The molecule has 4 unspecified atom stereocenters. The minimum absolute atomic E-state index is 0.0228. The van der Waals surface area contributed by atoms with Crippen molar-refractivity contribution in [1.29, 1.82) is 0 Å². The summed E-state index contributed by atoms with van der Waals surface area (Å²) < 4.78 is 6.38. The summed E-state index contributed by atoms with van der Waals surface area (Å²) in [5.74, 6) is -4.12. The maximum absolute atomic E-state index is 12.9. The average molecular weight is 536 g/mol. The Kier molecular flexibility index (Phi) is 9.45. The number of hydrogen-bond donors (Lipinski definition) is 4. The summed E-state index contributed by atoms with van der Waals surface area (Å²) in [6.45, 7) is -0.139. The molecule has 0 aromatic carbocycles. The zero-order valence-corrected chi connectivity index (χ0v) is 21.3. The van der Waals surface area contributed by atoms with Crippen molar-refractivity contribution >= 4 is 35.6 Å². The van der Waals surface area contributed by atoms with Crippen LogP contribution in [-0.2, 0) is 35.8 Å². The molecular formula is C24H33N5O9. The van der Waals surface area contributed by atoms with Crippen molar-refractivity contribution in [2.24, 2.45) is 7.05 Å². The van der Waals surface area contributed by atoms with Crippen molar-refractivity contribution in [3.63, 3.8) is 0 Å². The van der Waals surface area contributed by atoms with Gasteiger partial charge >= 0.3 is 11.9 Å². The van der Waals surface area contributed by atoms with Crippen LogP contribution in [0.2, 0.25) is 0 Å². The molecule has 2 saturated heterocycles. The molecule has 1 aromatic heterocycles. The van der Waals surface area contributed by atoms with Crippen molar-refractivity contribution in [3.8, 4) is 0 Å². The molecule has 1 aromatic rings. The molecule has 0 aliphatic carbocycles. The van der Waals surface area contributed by atoms with Crippen molar-refractivity contribution in [1.82, 2.24) is 25.0 Å². The van der Waals surface area contributed by atoms with Crippen molar-refractivity contribution in [2.75, 3.05) is 26.8 Å². The molecule has 3 heterocycles. The van der Waals surface area contributed by atoms with E-state index in [9.17, 15) is 39.0 Å². The first-order valence-electron chi connectivity index (χ1n) is 12.3. The maximum Gasteiger partial charge on any atom is 0.326 e. The van der Waals surface area contributed by atoms with Gasteiger partial charge in [-0.2, -0.15) is 0 Å². The molecule has 14 heteroatoms. The highest BCUT2D eigenvalue weighted by Gasteiger charge is 2.41. The van der Waals surface area contributed by atoms with Gasteiger partial charge in [-0.1, -0.05) is 0 Å². The quantitative estimate of drug-likeness (QED) is 0.270. The fourth-order valence-corrected chi connectivity index (χ4v) is 4.94. The lowest BCUT2D eigenvalue weighted by molar-refractivity contribution is -0.149. The van der Waals surface area contributed by atoms with E-state index >= 15 is 0 Å². The Morgan fingerprint density at radius 3 is 1.89 bits per heavy atom. The number of hydrogen-bond acceptors (Lipinski definition) is 7. The highest BCUT2D eigenvalue weighted by atomic mass is 16.5. The van der Waals surface area contributed by atoms with Gasteiger partial charge in [0.2, 0.25) is 17.7 Å². The van der Waals surface area contributed by atoms with E-state index in [1.807, 2.05) is 0 Å². The molecule has 4 amide bonds. The standard InChI is InChI=1S/C24H33N5O9/c1-27-8-4-5-16(27)22(33)26-15-10-18(24(36)37)29(12-15)21(32)7-3-6-20(31)28-11-14(9-17(28)23(34)35)25-19(30)13-38-2/h4-5,8,14-15,17-18H,3,6-7,9-13H2,1-2H3,(H,25,30)(H,26,33)(H,34,35)(H,36,37). The summed E-state index contributed by atoms with van der Waals surface area (Å²) in [5.41, 5.74) is 0.405. The number of ether oxygens (including phenoxy) is 1. The van der Waals surface area contributed by atoms with Gasteiger partial charge in [-0.3, -0.25) is 19.2 Å². The molecule has 4 N–H and O–H groups in total. The first kappa shape index (κ1) is 28.6. The van der Waals surface area contributed by atoms with Crippen LogP contribution in [-0.4, -0.2) is 111 Å². The third-order valence-corrected chi connectivity index (χ3v) is 6.75. The van der Waals surface area contributed by atoms with E-state index in [1.165, 1.54) is 16.9 Å². The van der Waals surface area contributed by atoms with Crippen LogP contribution in [0.3, 0.4) is 0 Å². The monoisotopic (exact) mass is 535 g/mol. The number of carboxylic acids is 2. The molecule has 3 rings (SSSR count).